The van der Waals surface area contributed by atoms with Gasteiger partial charge in [0.05, 0.1) is 12.1 Å². The highest BCUT2D eigenvalue weighted by atomic mass is 19.4. The van der Waals surface area contributed by atoms with Crippen molar-refractivity contribution in [1.82, 2.24) is 9.78 Å². The monoisotopic (exact) mass is 491 g/mol. The Hall–Kier alpha value is -1.88. The van der Waals surface area contributed by atoms with E-state index in [0.29, 0.717) is 35.5 Å². The highest BCUT2D eigenvalue weighted by molar-refractivity contribution is 5.82. The van der Waals surface area contributed by atoms with Crippen LogP contribution in [-0.4, -0.2) is 26.3 Å². The van der Waals surface area contributed by atoms with Crippen molar-refractivity contribution in [2.75, 3.05) is 0 Å². The fraction of sp³-hybridized carbons (Fsp3) is 0.815. The number of Topliss-reactive ketones (excluding diaryl/α,β-unsaturated/α-hetero) is 1. The fourth-order valence-corrected chi connectivity index (χ4v) is 9.19. The van der Waals surface area contributed by atoms with Crippen molar-refractivity contribution in [2.24, 2.45) is 46.8 Å². The lowest BCUT2D eigenvalue weighted by Crippen LogP contribution is -2.51. The van der Waals surface area contributed by atoms with Crippen LogP contribution in [0.2, 0.25) is 0 Å². The van der Waals surface area contributed by atoms with E-state index >= 15 is 0 Å². The number of ketones is 1. The van der Waals surface area contributed by atoms with E-state index in [2.05, 4.69) is 18.9 Å². The van der Waals surface area contributed by atoms with Crippen molar-refractivity contribution in [2.45, 2.75) is 90.5 Å². The molecule has 4 fully saturated rings. The number of carbonyl (C=O) groups excluding carboxylic acids is 1. The number of halogens is 3. The molecule has 1 aromatic rings. The van der Waals surface area contributed by atoms with Crippen LogP contribution in [0.15, 0.2) is 6.20 Å². The molecule has 0 aromatic carbocycles. The largest absolute Gasteiger partial charge is 0.436 e. The molecule has 192 valence electrons. The van der Waals surface area contributed by atoms with E-state index in [9.17, 15) is 23.1 Å². The first-order valence-electron chi connectivity index (χ1n) is 13.1. The van der Waals surface area contributed by atoms with Gasteiger partial charge < -0.3 is 5.11 Å². The maximum absolute atomic E-state index is 13.5. The molecule has 1 heterocycles. The van der Waals surface area contributed by atoms with Crippen LogP contribution >= 0.6 is 0 Å². The minimum absolute atomic E-state index is 0.0663. The predicted molar refractivity (Wildman–Crippen MR) is 123 cm³/mol. The Morgan fingerprint density at radius 1 is 1.20 bits per heavy atom. The lowest BCUT2D eigenvalue weighted by Gasteiger charge is -2.57. The van der Waals surface area contributed by atoms with Crippen LogP contribution in [-0.2, 0) is 17.5 Å². The molecule has 1 aromatic heterocycles. The number of hydrogen-bond acceptors (Lipinski definition) is 4. The van der Waals surface area contributed by atoms with Gasteiger partial charge in [-0.25, -0.2) is 0 Å². The van der Waals surface area contributed by atoms with Gasteiger partial charge in [-0.15, -0.1) is 0 Å². The Morgan fingerprint density at radius 3 is 2.57 bits per heavy atom. The molecule has 0 spiro atoms. The number of aliphatic hydroxyl groups is 1. The van der Waals surface area contributed by atoms with Crippen LogP contribution in [0.1, 0.15) is 83.4 Å². The van der Waals surface area contributed by atoms with Crippen LogP contribution in [0.5, 0.6) is 0 Å². The van der Waals surface area contributed by atoms with Gasteiger partial charge in [0.2, 0.25) is 0 Å². The lowest BCUT2D eigenvalue weighted by atomic mass is 9.48. The molecule has 4 aliphatic carbocycles. The molecule has 5 rings (SSSR count). The van der Waals surface area contributed by atoms with Crippen molar-refractivity contribution in [3.8, 4) is 6.07 Å². The Morgan fingerprint density at radius 2 is 1.91 bits per heavy atom. The minimum Gasteiger partial charge on any atom is -0.390 e. The van der Waals surface area contributed by atoms with Gasteiger partial charge in [0.25, 0.3) is 0 Å². The van der Waals surface area contributed by atoms with Crippen LogP contribution in [0.25, 0.3) is 0 Å². The molecule has 4 aliphatic rings. The molecule has 1 N–H and O–H groups in total. The molecule has 35 heavy (non-hydrogen) atoms. The third-order valence-corrected chi connectivity index (χ3v) is 10.4. The summed E-state index contributed by atoms with van der Waals surface area (Å²) in [6.45, 7) is 6.24. The Balaban J connectivity index is 1.34. The van der Waals surface area contributed by atoms with E-state index in [4.69, 9.17) is 5.26 Å². The molecule has 0 bridgehead atoms. The molecule has 8 heteroatoms. The smallest absolute Gasteiger partial charge is 0.390 e. The van der Waals surface area contributed by atoms with Crippen LogP contribution in [0.3, 0.4) is 0 Å². The zero-order valence-corrected chi connectivity index (χ0v) is 20.8. The van der Waals surface area contributed by atoms with Gasteiger partial charge in [-0.1, -0.05) is 13.8 Å². The third kappa shape index (κ3) is 4.12. The highest BCUT2D eigenvalue weighted by Gasteiger charge is 2.61. The molecule has 0 radical (unpaired) electrons. The quantitative estimate of drug-likeness (QED) is 0.596. The summed E-state index contributed by atoms with van der Waals surface area (Å²) >= 11 is 0. The Bertz CT molecular complexity index is 1040. The van der Waals surface area contributed by atoms with E-state index in [-0.39, 0.29) is 23.7 Å². The number of carbonyl (C=O) groups is 1. The lowest BCUT2D eigenvalue weighted by molar-refractivity contribution is -0.142. The third-order valence-electron chi connectivity index (χ3n) is 10.4. The van der Waals surface area contributed by atoms with Crippen molar-refractivity contribution in [3.05, 3.63) is 17.5 Å². The predicted octanol–water partition coefficient (Wildman–Crippen LogP) is 5.61. The number of nitriles is 1. The standard InChI is InChI=1S/C27H36F3N3O2/c1-15-10-21(22(34)14-33-13-17(12-31)24(32-33)27(28,29)30)26(3)9-7-19-18-6-8-25(2,35)11-16(18)4-5-20(19)23(15)26/h13,15-16,18-21,23,35H,4-11,14H2,1-3H3/t15-,16-,18+,19-,20-,21-,23+,25-,26-/m1/s1. The van der Waals surface area contributed by atoms with Crippen molar-refractivity contribution < 1.29 is 23.1 Å². The summed E-state index contributed by atoms with van der Waals surface area (Å²) in [6, 6.07) is 1.55. The fourth-order valence-electron chi connectivity index (χ4n) is 9.19. The number of hydrogen-bond donors (Lipinski definition) is 1. The summed E-state index contributed by atoms with van der Waals surface area (Å²) in [5.74, 6) is 3.06. The first-order valence-corrected chi connectivity index (χ1v) is 13.1. The second kappa shape index (κ2) is 8.33. The van der Waals surface area contributed by atoms with Gasteiger partial charge >= 0.3 is 6.18 Å². The van der Waals surface area contributed by atoms with E-state index in [1.54, 1.807) is 6.07 Å². The van der Waals surface area contributed by atoms with Crippen LogP contribution in [0, 0.1) is 58.2 Å². The highest BCUT2D eigenvalue weighted by Crippen LogP contribution is 2.66. The summed E-state index contributed by atoms with van der Waals surface area (Å²) in [6.07, 6.45) is 4.30. The molecule has 0 amide bonds. The summed E-state index contributed by atoms with van der Waals surface area (Å²) in [4.78, 5) is 13.5. The Labute approximate surface area is 205 Å². The van der Waals surface area contributed by atoms with Crippen LogP contribution in [0.4, 0.5) is 13.2 Å². The summed E-state index contributed by atoms with van der Waals surface area (Å²) in [7, 11) is 0. The number of aromatic nitrogens is 2. The van der Waals surface area contributed by atoms with Gasteiger partial charge in [0.15, 0.2) is 11.5 Å². The van der Waals surface area contributed by atoms with Crippen molar-refractivity contribution in [1.29, 1.82) is 5.26 Å². The van der Waals surface area contributed by atoms with E-state index in [0.717, 1.165) is 62.2 Å². The van der Waals surface area contributed by atoms with E-state index in [1.807, 2.05) is 6.92 Å². The van der Waals surface area contributed by atoms with Gasteiger partial charge in [-0.3, -0.25) is 9.48 Å². The second-order valence-corrected chi connectivity index (χ2v) is 12.6. The average Bonchev–Trinajstić information content (AvgIpc) is 3.30. The Kier molecular flexibility index (Phi) is 5.90. The summed E-state index contributed by atoms with van der Waals surface area (Å²) in [5.41, 5.74) is -2.46. The minimum atomic E-state index is -4.72. The van der Waals surface area contributed by atoms with Crippen LogP contribution < -0.4 is 0 Å². The molecule has 4 saturated carbocycles. The number of rotatable bonds is 3. The van der Waals surface area contributed by atoms with Gasteiger partial charge in [-0.2, -0.15) is 23.5 Å². The summed E-state index contributed by atoms with van der Waals surface area (Å²) in [5, 5.41) is 23.3. The normalized spacial score (nSPS) is 43.1. The van der Waals surface area contributed by atoms with Gasteiger partial charge in [0, 0.05) is 12.1 Å². The first kappa shape index (κ1) is 24.8. The molecule has 9 atom stereocenters. The maximum atomic E-state index is 13.5. The number of nitrogens with zero attached hydrogens (tertiary/aromatic N) is 3. The molecular formula is C27H36F3N3O2. The zero-order chi connectivity index (χ0) is 25.3. The molecule has 0 unspecified atom stereocenters. The summed E-state index contributed by atoms with van der Waals surface area (Å²) < 4.78 is 40.6. The topological polar surface area (TPSA) is 78.9 Å². The SMILES string of the molecule is C[C@@H]1C[C@H](C(=O)Cn2cc(C#N)c(C(F)(F)F)n2)[C@@]2(C)CC[C@H]3[C@@H](CC[C@@H]4C[C@](C)(O)CC[C@@H]43)[C@H]12. The first-order chi connectivity index (χ1) is 16.3. The maximum Gasteiger partial charge on any atom is 0.436 e. The second-order valence-electron chi connectivity index (χ2n) is 12.6. The molecule has 5 nitrogen and oxygen atoms in total. The van der Waals surface area contributed by atoms with Crippen molar-refractivity contribution >= 4 is 5.78 Å². The zero-order valence-electron chi connectivity index (χ0n) is 20.8. The average molecular weight is 492 g/mol. The molecule has 0 saturated heterocycles. The number of fused-ring (bicyclic) bond motifs is 5. The molecular weight excluding hydrogens is 455 g/mol. The van der Waals surface area contributed by atoms with Crippen molar-refractivity contribution in [3.63, 3.8) is 0 Å². The number of alkyl halides is 3. The van der Waals surface area contributed by atoms with Gasteiger partial charge in [0.1, 0.15) is 11.6 Å². The van der Waals surface area contributed by atoms with E-state index in [1.165, 1.54) is 0 Å². The molecule has 0 aliphatic heterocycles. The van der Waals surface area contributed by atoms with E-state index < -0.39 is 23.0 Å². The van der Waals surface area contributed by atoms with Gasteiger partial charge in [-0.05, 0) is 99.2 Å².